The molecule has 18 nitrogen and oxygen atoms in total. The van der Waals surface area contributed by atoms with Crippen molar-refractivity contribution in [2.24, 2.45) is 23.7 Å². The molecule has 0 bridgehead atoms. The largest absolute Gasteiger partial charge is 0.379 e. The summed E-state index contributed by atoms with van der Waals surface area (Å²) in [5.74, 6) is -3.32. The number of nitrogens with one attached hydrogen (secondary N) is 4. The molecule has 8 atom stereocenters. The molecule has 0 spiro atoms. The first-order chi connectivity index (χ1) is 33.3. The minimum atomic E-state index is -0.886. The van der Waals surface area contributed by atoms with Crippen LogP contribution in [0.5, 0.6) is 0 Å². The van der Waals surface area contributed by atoms with E-state index in [1.165, 1.54) is 12.2 Å². The number of benzene rings is 1. The van der Waals surface area contributed by atoms with E-state index < -0.39 is 36.3 Å². The summed E-state index contributed by atoms with van der Waals surface area (Å²) in [4.78, 5) is 111. The number of carbonyl (C=O) groups is 8. The van der Waals surface area contributed by atoms with Crippen LogP contribution in [0.2, 0.25) is 0 Å². The van der Waals surface area contributed by atoms with E-state index in [1.54, 1.807) is 33.2 Å². The minimum absolute atomic E-state index is 0.00411. The van der Waals surface area contributed by atoms with Crippen LogP contribution in [0.3, 0.4) is 0 Å². The molecule has 0 radical (unpaired) electrons. The van der Waals surface area contributed by atoms with Crippen LogP contribution in [-0.4, -0.2) is 158 Å². The van der Waals surface area contributed by atoms with Crippen molar-refractivity contribution in [3.63, 3.8) is 0 Å². The Morgan fingerprint density at radius 3 is 2.00 bits per heavy atom. The average Bonchev–Trinajstić information content (AvgIpc) is 3.94. The number of rotatable bonds is 30. The van der Waals surface area contributed by atoms with Crippen LogP contribution in [0.4, 0.5) is 0 Å². The third-order valence-electron chi connectivity index (χ3n) is 13.9. The van der Waals surface area contributed by atoms with E-state index in [1.807, 2.05) is 88.6 Å². The number of hydrogen-bond acceptors (Lipinski definition) is 11. The zero-order valence-corrected chi connectivity index (χ0v) is 43.8. The van der Waals surface area contributed by atoms with E-state index in [0.717, 1.165) is 16.9 Å². The van der Waals surface area contributed by atoms with Crippen LogP contribution < -0.4 is 21.5 Å². The average molecular weight is 981 g/mol. The Kier molecular flexibility index (Phi) is 25.2. The van der Waals surface area contributed by atoms with Crippen molar-refractivity contribution in [3.05, 3.63) is 48.0 Å². The third-order valence-corrected chi connectivity index (χ3v) is 13.9. The lowest BCUT2D eigenvalue weighted by atomic mass is 9.89. The van der Waals surface area contributed by atoms with Crippen molar-refractivity contribution < 1.29 is 47.8 Å². The van der Waals surface area contributed by atoms with Crippen LogP contribution in [0.15, 0.2) is 42.5 Å². The lowest BCUT2D eigenvalue weighted by molar-refractivity contribution is -0.148. The first-order valence-corrected chi connectivity index (χ1v) is 25.3. The van der Waals surface area contributed by atoms with Crippen LogP contribution in [0.25, 0.3) is 0 Å². The SMILES string of the molecule is CCC(C)C(C(CC(=O)N1CCCC1C(OC)C(C)C(=O)NCCc1ccccc1)OC)N(C)C(=O)C(NC(=O)C(C(C)C)N(C)CCCC(=O)NNC(=O)CCCCCN1C(=O)C=CC1=O)C(C)C. The fraction of sp³-hybridized carbons (Fsp3) is 0.692. The Balaban J connectivity index is 1.57. The molecule has 1 aromatic carbocycles. The molecule has 8 unspecified atom stereocenters. The van der Waals surface area contributed by atoms with Gasteiger partial charge in [-0.3, -0.25) is 59.0 Å². The van der Waals surface area contributed by atoms with E-state index in [2.05, 4.69) is 21.5 Å². The molecule has 0 saturated carbocycles. The number of carbonyl (C=O) groups excluding carboxylic acids is 8. The number of hydrogen-bond donors (Lipinski definition) is 4. The molecule has 1 saturated heterocycles. The number of hydrazine groups is 1. The smallest absolute Gasteiger partial charge is 0.253 e. The lowest BCUT2D eigenvalue weighted by Crippen LogP contribution is -2.60. The summed E-state index contributed by atoms with van der Waals surface area (Å²) in [7, 11) is 6.63. The quantitative estimate of drug-likeness (QED) is 0.0495. The van der Waals surface area contributed by atoms with Crippen LogP contribution in [0, 0.1) is 23.7 Å². The Hall–Kier alpha value is -5.20. The Labute approximate surface area is 416 Å². The van der Waals surface area contributed by atoms with Crippen molar-refractivity contribution in [2.75, 3.05) is 54.5 Å². The first kappa shape index (κ1) is 59.1. The van der Waals surface area contributed by atoms with Gasteiger partial charge in [0.1, 0.15) is 6.04 Å². The predicted molar refractivity (Wildman–Crippen MR) is 267 cm³/mol. The normalized spacial score (nSPS) is 17.8. The topological polar surface area (TPSA) is 216 Å². The van der Waals surface area contributed by atoms with Crippen molar-refractivity contribution >= 4 is 47.3 Å². The Morgan fingerprint density at radius 2 is 1.43 bits per heavy atom. The molecule has 2 heterocycles. The monoisotopic (exact) mass is 981 g/mol. The molecule has 0 aliphatic carbocycles. The molecule has 0 aromatic heterocycles. The fourth-order valence-electron chi connectivity index (χ4n) is 9.70. The summed E-state index contributed by atoms with van der Waals surface area (Å²) in [5, 5.41) is 6.10. The number of imide groups is 1. The summed E-state index contributed by atoms with van der Waals surface area (Å²) >= 11 is 0. The molecule has 3 rings (SSSR count). The van der Waals surface area contributed by atoms with Crippen LogP contribution in [-0.2, 0) is 54.3 Å². The van der Waals surface area contributed by atoms with Gasteiger partial charge in [-0.1, -0.05) is 91.6 Å². The number of ether oxygens (including phenoxy) is 2. The van der Waals surface area contributed by atoms with Gasteiger partial charge < -0.3 is 29.9 Å². The van der Waals surface area contributed by atoms with Gasteiger partial charge in [-0.2, -0.15) is 0 Å². The number of nitrogens with zero attached hydrogens (tertiary/aromatic N) is 4. The highest BCUT2D eigenvalue weighted by Crippen LogP contribution is 2.30. The molecular formula is C52H84N8O10. The van der Waals surface area contributed by atoms with Crippen LogP contribution in [0.1, 0.15) is 118 Å². The van der Waals surface area contributed by atoms with Gasteiger partial charge in [0.05, 0.1) is 42.7 Å². The number of likely N-dealkylation sites (tertiary alicyclic amines) is 1. The van der Waals surface area contributed by atoms with Gasteiger partial charge in [0.15, 0.2) is 0 Å². The Morgan fingerprint density at radius 1 is 0.800 bits per heavy atom. The van der Waals surface area contributed by atoms with Crippen LogP contribution >= 0.6 is 0 Å². The minimum Gasteiger partial charge on any atom is -0.379 e. The van der Waals surface area contributed by atoms with Gasteiger partial charge >= 0.3 is 0 Å². The number of likely N-dealkylation sites (N-methyl/N-ethyl adjacent to an activating group) is 2. The zero-order chi connectivity index (χ0) is 52.1. The maximum atomic E-state index is 14.6. The summed E-state index contributed by atoms with van der Waals surface area (Å²) in [6.45, 7) is 15.2. The van der Waals surface area contributed by atoms with Crippen molar-refractivity contribution in [2.45, 2.75) is 155 Å². The predicted octanol–water partition coefficient (Wildman–Crippen LogP) is 3.78. The molecule has 70 heavy (non-hydrogen) atoms. The highest BCUT2D eigenvalue weighted by atomic mass is 16.5. The second-order valence-electron chi connectivity index (χ2n) is 19.7. The van der Waals surface area contributed by atoms with E-state index in [4.69, 9.17) is 9.47 Å². The molecule has 392 valence electrons. The van der Waals surface area contributed by atoms with Gasteiger partial charge in [-0.15, -0.1) is 0 Å². The molecule has 4 N–H and O–H groups in total. The van der Waals surface area contributed by atoms with Gasteiger partial charge in [-0.25, -0.2) is 0 Å². The second kappa shape index (κ2) is 29.9. The van der Waals surface area contributed by atoms with E-state index in [9.17, 15) is 38.4 Å². The maximum Gasteiger partial charge on any atom is 0.253 e. The fourth-order valence-corrected chi connectivity index (χ4v) is 9.70. The Bertz CT molecular complexity index is 1900. The highest BCUT2D eigenvalue weighted by Gasteiger charge is 2.43. The summed E-state index contributed by atoms with van der Waals surface area (Å²) < 4.78 is 12.0. The molecular weight excluding hydrogens is 897 g/mol. The standard InChI is InChI=1S/C52H84N8O10/c1-12-36(6)48(40(69-10)33-45(65)59-32-19-23-39(59)49(70-11)37(7)50(66)53-29-28-38-21-15-13-16-22-38)58(9)52(68)46(34(2)3)54-51(67)47(35(4)5)57(8)30-20-25-42(62)56-55-41(61)24-17-14-18-31-60-43(63)26-27-44(60)64/h13,15-16,21-22,26-27,34-37,39-40,46-49H,12,14,17-20,23-25,28-33H2,1-11H3,(H,53,66)(H,54,67)(H,55,61)(H,56,62). The van der Waals surface area contributed by atoms with Crippen molar-refractivity contribution in [3.8, 4) is 0 Å². The number of amides is 8. The zero-order valence-electron chi connectivity index (χ0n) is 43.8. The van der Waals surface area contributed by atoms with Gasteiger partial charge in [0.25, 0.3) is 11.8 Å². The van der Waals surface area contributed by atoms with Crippen molar-refractivity contribution in [1.82, 2.24) is 41.1 Å². The number of methoxy groups -OCH3 is 2. The molecule has 8 amide bonds. The highest BCUT2D eigenvalue weighted by molar-refractivity contribution is 6.12. The van der Waals surface area contributed by atoms with Gasteiger partial charge in [0, 0.05) is 65.9 Å². The summed E-state index contributed by atoms with van der Waals surface area (Å²) in [6.07, 6.45) is 6.53. The molecule has 18 heteroatoms. The first-order valence-electron chi connectivity index (χ1n) is 25.3. The van der Waals surface area contributed by atoms with Crippen molar-refractivity contribution in [1.29, 1.82) is 0 Å². The number of unbranched alkanes of at least 4 members (excludes halogenated alkanes) is 2. The summed E-state index contributed by atoms with van der Waals surface area (Å²) in [5.41, 5.74) is 6.00. The molecule has 2 aliphatic rings. The summed E-state index contributed by atoms with van der Waals surface area (Å²) in [6, 6.07) is 7.61. The molecule has 1 fully saturated rings. The van der Waals surface area contributed by atoms with Gasteiger partial charge in [0.2, 0.25) is 35.4 Å². The van der Waals surface area contributed by atoms with Gasteiger partial charge in [-0.05, 0) is 75.4 Å². The molecule has 2 aliphatic heterocycles. The van der Waals surface area contributed by atoms with E-state index >= 15 is 0 Å². The van der Waals surface area contributed by atoms with E-state index in [-0.39, 0.29) is 90.3 Å². The second-order valence-corrected chi connectivity index (χ2v) is 19.7. The maximum absolute atomic E-state index is 14.6. The van der Waals surface area contributed by atoms with E-state index in [0.29, 0.717) is 71.1 Å². The third kappa shape index (κ3) is 17.6. The molecule has 1 aromatic rings. The lowest BCUT2D eigenvalue weighted by Gasteiger charge is -2.41.